The minimum absolute atomic E-state index is 0.898. The van der Waals surface area contributed by atoms with Gasteiger partial charge in [-0.05, 0) is 23.3 Å². The third-order valence-corrected chi connectivity index (χ3v) is 2.98. The van der Waals surface area contributed by atoms with E-state index in [0.29, 0.717) is 0 Å². The Bertz CT molecular complexity index is 412. The molecule has 0 atom stereocenters. The van der Waals surface area contributed by atoms with Crippen molar-refractivity contribution in [2.75, 3.05) is 10.6 Å². The lowest BCUT2D eigenvalue weighted by atomic mass is 10.1. The Morgan fingerprint density at radius 2 is 1.06 bits per heavy atom. The van der Waals surface area contributed by atoms with E-state index in [0.717, 1.165) is 13.1 Å². The molecule has 0 aliphatic carbocycles. The zero-order valence-corrected chi connectivity index (χ0v) is 9.03. The molecule has 0 spiro atoms. The minimum atomic E-state index is 0.898. The SMILES string of the molecule is c1ccc2c(c1)CNc1ccccc1NC2. The third-order valence-electron chi connectivity index (χ3n) is 2.98. The van der Waals surface area contributed by atoms with Crippen molar-refractivity contribution in [3.05, 3.63) is 59.7 Å². The Hall–Kier alpha value is -1.96. The highest BCUT2D eigenvalue weighted by Gasteiger charge is 2.08. The lowest BCUT2D eigenvalue weighted by Gasteiger charge is -2.19. The lowest BCUT2D eigenvalue weighted by molar-refractivity contribution is 1.03. The number of hydrogen-bond acceptors (Lipinski definition) is 2. The molecule has 2 aromatic carbocycles. The molecule has 0 bridgehead atoms. The van der Waals surface area contributed by atoms with E-state index in [1.807, 2.05) is 0 Å². The molecule has 3 rings (SSSR count). The van der Waals surface area contributed by atoms with E-state index in [-0.39, 0.29) is 0 Å². The molecular weight excluding hydrogens is 196 g/mol. The van der Waals surface area contributed by atoms with E-state index in [4.69, 9.17) is 0 Å². The first-order valence-corrected chi connectivity index (χ1v) is 5.57. The minimum Gasteiger partial charge on any atom is -0.379 e. The van der Waals surface area contributed by atoms with Crippen molar-refractivity contribution in [2.24, 2.45) is 0 Å². The number of fused-ring (bicyclic) bond motifs is 2. The highest BCUT2D eigenvalue weighted by molar-refractivity contribution is 5.69. The van der Waals surface area contributed by atoms with Crippen LogP contribution in [0.15, 0.2) is 48.5 Å². The summed E-state index contributed by atoms with van der Waals surface area (Å²) >= 11 is 0. The van der Waals surface area contributed by atoms with E-state index < -0.39 is 0 Å². The number of para-hydroxylation sites is 2. The zero-order valence-electron chi connectivity index (χ0n) is 9.03. The maximum atomic E-state index is 3.46. The van der Waals surface area contributed by atoms with Crippen LogP contribution in [0.2, 0.25) is 0 Å². The van der Waals surface area contributed by atoms with Gasteiger partial charge in [0.05, 0.1) is 11.4 Å². The first-order valence-electron chi connectivity index (χ1n) is 5.57. The first-order chi connectivity index (χ1) is 7.93. The van der Waals surface area contributed by atoms with E-state index in [1.165, 1.54) is 22.5 Å². The van der Waals surface area contributed by atoms with Gasteiger partial charge in [-0.15, -0.1) is 0 Å². The summed E-state index contributed by atoms with van der Waals surface area (Å²) in [6.45, 7) is 1.80. The standard InChI is InChI=1S/C14H14N2/c1-2-6-12-10-16-14-8-4-3-7-13(14)15-9-11(12)5-1/h1-8,15-16H,9-10H2. The van der Waals surface area contributed by atoms with Crippen molar-refractivity contribution in [3.63, 3.8) is 0 Å². The van der Waals surface area contributed by atoms with E-state index in [2.05, 4.69) is 59.2 Å². The number of benzene rings is 2. The Balaban J connectivity index is 1.97. The predicted molar refractivity (Wildman–Crippen MR) is 67.5 cm³/mol. The third kappa shape index (κ3) is 1.63. The van der Waals surface area contributed by atoms with Gasteiger partial charge in [-0.2, -0.15) is 0 Å². The molecule has 0 amide bonds. The van der Waals surface area contributed by atoms with Gasteiger partial charge >= 0.3 is 0 Å². The van der Waals surface area contributed by atoms with Crippen molar-refractivity contribution in [1.82, 2.24) is 0 Å². The number of anilines is 2. The molecule has 1 heterocycles. The van der Waals surface area contributed by atoms with Crippen molar-refractivity contribution >= 4 is 11.4 Å². The molecule has 2 heteroatoms. The quantitative estimate of drug-likeness (QED) is 0.697. The van der Waals surface area contributed by atoms with Gasteiger partial charge < -0.3 is 10.6 Å². The van der Waals surface area contributed by atoms with Gasteiger partial charge in [0.15, 0.2) is 0 Å². The molecular formula is C14H14N2. The van der Waals surface area contributed by atoms with E-state index in [1.54, 1.807) is 0 Å². The normalized spacial score (nSPS) is 13.5. The maximum Gasteiger partial charge on any atom is 0.0578 e. The van der Waals surface area contributed by atoms with Crippen LogP contribution in [-0.4, -0.2) is 0 Å². The largest absolute Gasteiger partial charge is 0.379 e. The van der Waals surface area contributed by atoms with Gasteiger partial charge in [0.2, 0.25) is 0 Å². The van der Waals surface area contributed by atoms with Crippen LogP contribution in [0.1, 0.15) is 11.1 Å². The summed E-state index contributed by atoms with van der Waals surface area (Å²) in [4.78, 5) is 0. The molecule has 0 aromatic heterocycles. The molecule has 0 radical (unpaired) electrons. The van der Waals surface area contributed by atoms with Gasteiger partial charge in [0, 0.05) is 13.1 Å². The highest BCUT2D eigenvalue weighted by Crippen LogP contribution is 2.25. The van der Waals surface area contributed by atoms with Gasteiger partial charge in [-0.1, -0.05) is 36.4 Å². The summed E-state index contributed by atoms with van der Waals surface area (Å²) in [6.07, 6.45) is 0. The highest BCUT2D eigenvalue weighted by atomic mass is 15.0. The monoisotopic (exact) mass is 210 g/mol. The number of hydrogen-bond donors (Lipinski definition) is 2. The Morgan fingerprint density at radius 3 is 1.56 bits per heavy atom. The van der Waals surface area contributed by atoms with Gasteiger partial charge in [-0.3, -0.25) is 0 Å². The van der Waals surface area contributed by atoms with Crippen LogP contribution in [-0.2, 0) is 13.1 Å². The topological polar surface area (TPSA) is 24.1 Å². The average molecular weight is 210 g/mol. The van der Waals surface area contributed by atoms with Crippen molar-refractivity contribution in [2.45, 2.75) is 13.1 Å². The molecule has 80 valence electrons. The molecule has 1 aliphatic heterocycles. The average Bonchev–Trinajstić information content (AvgIpc) is 2.32. The Morgan fingerprint density at radius 1 is 0.625 bits per heavy atom. The van der Waals surface area contributed by atoms with Crippen LogP contribution in [0.5, 0.6) is 0 Å². The summed E-state index contributed by atoms with van der Waals surface area (Å²) in [5, 5.41) is 6.92. The molecule has 0 saturated heterocycles. The van der Waals surface area contributed by atoms with E-state index in [9.17, 15) is 0 Å². The van der Waals surface area contributed by atoms with Crippen molar-refractivity contribution in [1.29, 1.82) is 0 Å². The van der Waals surface area contributed by atoms with Crippen molar-refractivity contribution in [3.8, 4) is 0 Å². The van der Waals surface area contributed by atoms with Crippen molar-refractivity contribution < 1.29 is 0 Å². The zero-order chi connectivity index (χ0) is 10.8. The smallest absolute Gasteiger partial charge is 0.0578 e. The molecule has 0 fully saturated rings. The fourth-order valence-corrected chi connectivity index (χ4v) is 2.07. The fraction of sp³-hybridized carbons (Fsp3) is 0.143. The molecule has 0 saturated carbocycles. The molecule has 0 unspecified atom stereocenters. The molecule has 2 nitrogen and oxygen atoms in total. The van der Waals surface area contributed by atoms with Crippen LogP contribution in [0.4, 0.5) is 11.4 Å². The number of nitrogens with one attached hydrogen (secondary N) is 2. The molecule has 2 N–H and O–H groups in total. The summed E-state index contributed by atoms with van der Waals surface area (Å²) in [7, 11) is 0. The fourth-order valence-electron chi connectivity index (χ4n) is 2.07. The molecule has 16 heavy (non-hydrogen) atoms. The predicted octanol–water partition coefficient (Wildman–Crippen LogP) is 3.22. The van der Waals surface area contributed by atoms with Gasteiger partial charge in [-0.25, -0.2) is 0 Å². The first kappa shape index (κ1) is 9.28. The van der Waals surface area contributed by atoms with Crippen LogP contribution in [0.25, 0.3) is 0 Å². The van der Waals surface area contributed by atoms with Crippen LogP contribution in [0, 0.1) is 0 Å². The molecule has 1 aliphatic rings. The maximum absolute atomic E-state index is 3.46. The Labute approximate surface area is 95.3 Å². The van der Waals surface area contributed by atoms with Crippen LogP contribution < -0.4 is 10.6 Å². The lowest BCUT2D eigenvalue weighted by Crippen LogP contribution is -2.12. The van der Waals surface area contributed by atoms with Crippen LogP contribution >= 0.6 is 0 Å². The second-order valence-electron chi connectivity index (χ2n) is 4.02. The van der Waals surface area contributed by atoms with Gasteiger partial charge in [0.1, 0.15) is 0 Å². The van der Waals surface area contributed by atoms with Gasteiger partial charge in [0.25, 0.3) is 0 Å². The summed E-state index contributed by atoms with van der Waals surface area (Å²) < 4.78 is 0. The van der Waals surface area contributed by atoms with Crippen LogP contribution in [0.3, 0.4) is 0 Å². The Kier molecular flexibility index (Phi) is 2.26. The summed E-state index contributed by atoms with van der Waals surface area (Å²) in [6, 6.07) is 16.9. The second-order valence-corrected chi connectivity index (χ2v) is 4.02. The number of rotatable bonds is 0. The summed E-state index contributed by atoms with van der Waals surface area (Å²) in [5.74, 6) is 0. The molecule has 2 aromatic rings. The van der Waals surface area contributed by atoms with E-state index >= 15 is 0 Å². The second kappa shape index (κ2) is 3.89. The summed E-state index contributed by atoms with van der Waals surface area (Å²) in [5.41, 5.74) is 5.09.